The lowest BCUT2D eigenvalue weighted by molar-refractivity contribution is 0.877. The van der Waals surface area contributed by atoms with Crippen LogP contribution in [0.1, 0.15) is 5.56 Å². The van der Waals surface area contributed by atoms with Gasteiger partial charge < -0.3 is 5.32 Å². The zero-order valence-corrected chi connectivity index (χ0v) is 13.2. The number of aromatic nitrogens is 4. The van der Waals surface area contributed by atoms with Crippen LogP contribution in [0.15, 0.2) is 53.8 Å². The van der Waals surface area contributed by atoms with E-state index in [1.165, 1.54) is 6.33 Å². The highest BCUT2D eigenvalue weighted by molar-refractivity contribution is 9.10. The molecule has 3 aromatic rings. The van der Waals surface area contributed by atoms with E-state index in [1.54, 1.807) is 17.2 Å². The first-order valence-electron chi connectivity index (χ1n) is 6.20. The molecule has 2 heterocycles. The van der Waals surface area contributed by atoms with Crippen molar-refractivity contribution in [1.82, 2.24) is 19.7 Å². The molecule has 106 valence electrons. The third kappa shape index (κ3) is 3.40. The van der Waals surface area contributed by atoms with Crippen molar-refractivity contribution in [2.45, 2.75) is 6.54 Å². The third-order valence-corrected chi connectivity index (χ3v) is 3.54. The lowest BCUT2D eigenvalue weighted by Gasteiger charge is -2.12. The topological polar surface area (TPSA) is 55.6 Å². The first kappa shape index (κ1) is 14.0. The Bertz CT molecular complexity index is 745. The molecule has 0 atom stereocenters. The highest BCUT2D eigenvalue weighted by Gasteiger charge is 2.06. The van der Waals surface area contributed by atoms with Gasteiger partial charge in [-0.3, -0.25) is 4.98 Å². The van der Waals surface area contributed by atoms with Crippen molar-refractivity contribution in [2.75, 3.05) is 5.32 Å². The molecule has 1 N–H and O–H groups in total. The second-order valence-corrected chi connectivity index (χ2v) is 5.72. The Balaban J connectivity index is 1.86. The van der Waals surface area contributed by atoms with Gasteiger partial charge in [-0.1, -0.05) is 11.6 Å². The minimum absolute atomic E-state index is 0.633. The molecule has 0 unspecified atom stereocenters. The van der Waals surface area contributed by atoms with E-state index in [4.69, 9.17) is 11.6 Å². The van der Waals surface area contributed by atoms with Gasteiger partial charge in [0.1, 0.15) is 12.7 Å². The van der Waals surface area contributed by atoms with Crippen LogP contribution in [0.4, 0.5) is 5.69 Å². The van der Waals surface area contributed by atoms with E-state index < -0.39 is 0 Å². The van der Waals surface area contributed by atoms with Crippen LogP contribution in [0.3, 0.4) is 0 Å². The second kappa shape index (κ2) is 6.24. The molecule has 0 bridgehead atoms. The Morgan fingerprint density at radius 2 is 2.10 bits per heavy atom. The maximum atomic E-state index is 6.08. The summed E-state index contributed by atoms with van der Waals surface area (Å²) in [5, 5.41) is 8.16. The molecule has 0 aliphatic carbocycles. The molecule has 0 radical (unpaired) electrons. The fourth-order valence-electron chi connectivity index (χ4n) is 1.93. The SMILES string of the molecule is Clc1ccc(-n2cncn2)c(NCc2cncc(Br)c2)c1. The predicted molar refractivity (Wildman–Crippen MR) is 85.6 cm³/mol. The zero-order valence-electron chi connectivity index (χ0n) is 10.9. The van der Waals surface area contributed by atoms with Crippen LogP contribution in [-0.4, -0.2) is 19.7 Å². The number of anilines is 1. The number of hydrogen-bond donors (Lipinski definition) is 1. The van der Waals surface area contributed by atoms with Crippen molar-refractivity contribution in [2.24, 2.45) is 0 Å². The first-order valence-corrected chi connectivity index (χ1v) is 7.37. The minimum atomic E-state index is 0.633. The normalized spacial score (nSPS) is 10.6. The fourth-order valence-corrected chi connectivity index (χ4v) is 2.52. The lowest BCUT2D eigenvalue weighted by Crippen LogP contribution is -2.05. The van der Waals surface area contributed by atoms with Gasteiger partial charge in [0, 0.05) is 28.4 Å². The van der Waals surface area contributed by atoms with Gasteiger partial charge in [0.2, 0.25) is 0 Å². The Morgan fingerprint density at radius 3 is 2.86 bits per heavy atom. The number of benzene rings is 1. The quantitative estimate of drug-likeness (QED) is 0.767. The summed E-state index contributed by atoms with van der Waals surface area (Å²) in [6.07, 6.45) is 6.72. The molecule has 3 rings (SSSR count). The van der Waals surface area contributed by atoms with Crippen molar-refractivity contribution < 1.29 is 0 Å². The van der Waals surface area contributed by atoms with E-state index in [9.17, 15) is 0 Å². The third-order valence-electron chi connectivity index (χ3n) is 2.87. The van der Waals surface area contributed by atoms with E-state index in [2.05, 4.69) is 36.3 Å². The molecular formula is C14H11BrClN5. The van der Waals surface area contributed by atoms with Gasteiger partial charge in [-0.05, 0) is 45.8 Å². The molecule has 0 fully saturated rings. The Hall–Kier alpha value is -1.92. The second-order valence-electron chi connectivity index (χ2n) is 4.37. The Morgan fingerprint density at radius 1 is 1.19 bits per heavy atom. The van der Waals surface area contributed by atoms with Crippen molar-refractivity contribution in [3.63, 3.8) is 0 Å². The van der Waals surface area contributed by atoms with Crippen LogP contribution in [0.2, 0.25) is 5.02 Å². The summed E-state index contributed by atoms with van der Waals surface area (Å²) in [5.41, 5.74) is 2.83. The summed E-state index contributed by atoms with van der Waals surface area (Å²) in [4.78, 5) is 8.11. The average Bonchev–Trinajstić information content (AvgIpc) is 2.99. The monoisotopic (exact) mass is 363 g/mol. The molecular weight excluding hydrogens is 354 g/mol. The lowest BCUT2D eigenvalue weighted by atomic mass is 10.2. The van der Waals surface area contributed by atoms with Crippen LogP contribution in [0.5, 0.6) is 0 Å². The zero-order chi connectivity index (χ0) is 14.7. The summed E-state index contributed by atoms with van der Waals surface area (Å²) in [6.45, 7) is 0.633. The van der Waals surface area contributed by atoms with Crippen LogP contribution < -0.4 is 5.32 Å². The molecule has 0 saturated carbocycles. The fraction of sp³-hybridized carbons (Fsp3) is 0.0714. The van der Waals surface area contributed by atoms with E-state index in [0.717, 1.165) is 21.4 Å². The largest absolute Gasteiger partial charge is 0.379 e. The maximum Gasteiger partial charge on any atom is 0.138 e. The van der Waals surface area contributed by atoms with E-state index in [0.29, 0.717) is 11.6 Å². The smallest absolute Gasteiger partial charge is 0.138 e. The summed E-state index contributed by atoms with van der Waals surface area (Å²) in [6, 6.07) is 7.60. The van der Waals surface area contributed by atoms with Crippen LogP contribution in [0.25, 0.3) is 5.69 Å². The molecule has 0 aliphatic heterocycles. The highest BCUT2D eigenvalue weighted by Crippen LogP contribution is 2.24. The van der Waals surface area contributed by atoms with Crippen molar-refractivity contribution >= 4 is 33.2 Å². The summed E-state index contributed by atoms with van der Waals surface area (Å²) in [7, 11) is 0. The van der Waals surface area contributed by atoms with E-state index >= 15 is 0 Å². The number of pyridine rings is 1. The Labute approximate surface area is 135 Å². The van der Waals surface area contributed by atoms with Crippen LogP contribution >= 0.6 is 27.5 Å². The number of nitrogens with one attached hydrogen (secondary N) is 1. The van der Waals surface area contributed by atoms with Crippen LogP contribution in [-0.2, 0) is 6.54 Å². The molecule has 0 amide bonds. The molecule has 7 heteroatoms. The molecule has 21 heavy (non-hydrogen) atoms. The van der Waals surface area contributed by atoms with Gasteiger partial charge in [-0.25, -0.2) is 9.67 Å². The van der Waals surface area contributed by atoms with Gasteiger partial charge in [-0.15, -0.1) is 0 Å². The standard InChI is InChI=1S/C14H11BrClN5/c15-11-3-10(5-17-7-11)6-19-13-4-12(16)1-2-14(13)21-9-18-8-20-21/h1-5,7-9,19H,6H2. The molecule has 0 spiro atoms. The molecule has 2 aromatic heterocycles. The summed E-state index contributed by atoms with van der Waals surface area (Å²) < 4.78 is 2.64. The minimum Gasteiger partial charge on any atom is -0.379 e. The molecule has 5 nitrogen and oxygen atoms in total. The van der Waals surface area contributed by atoms with Crippen molar-refractivity contribution in [3.8, 4) is 5.69 Å². The van der Waals surface area contributed by atoms with Gasteiger partial charge >= 0.3 is 0 Å². The maximum absolute atomic E-state index is 6.08. The van der Waals surface area contributed by atoms with Crippen LogP contribution in [0, 0.1) is 0 Å². The number of halogens is 2. The van der Waals surface area contributed by atoms with Gasteiger partial charge in [0.25, 0.3) is 0 Å². The number of nitrogens with zero attached hydrogens (tertiary/aromatic N) is 4. The average molecular weight is 365 g/mol. The van der Waals surface area contributed by atoms with Crippen molar-refractivity contribution in [1.29, 1.82) is 0 Å². The summed E-state index contributed by atoms with van der Waals surface area (Å²) >= 11 is 9.49. The highest BCUT2D eigenvalue weighted by atomic mass is 79.9. The van der Waals surface area contributed by atoms with E-state index in [1.807, 2.05) is 30.5 Å². The van der Waals surface area contributed by atoms with Crippen molar-refractivity contribution in [3.05, 3.63) is 64.4 Å². The molecule has 0 aliphatic rings. The van der Waals surface area contributed by atoms with Gasteiger partial charge in [0.05, 0.1) is 11.4 Å². The molecule has 0 saturated heterocycles. The van der Waals surface area contributed by atoms with Gasteiger partial charge in [0.15, 0.2) is 0 Å². The Kier molecular flexibility index (Phi) is 4.17. The number of rotatable bonds is 4. The number of hydrogen-bond acceptors (Lipinski definition) is 4. The molecule has 1 aromatic carbocycles. The van der Waals surface area contributed by atoms with E-state index in [-0.39, 0.29) is 0 Å². The van der Waals surface area contributed by atoms with Gasteiger partial charge in [-0.2, -0.15) is 5.10 Å². The predicted octanol–water partition coefficient (Wildman–Crippen LogP) is 3.69. The first-order chi connectivity index (χ1) is 10.2. The summed E-state index contributed by atoms with van der Waals surface area (Å²) in [5.74, 6) is 0.